The average molecular weight is 343 g/mol. The molecule has 1 saturated carbocycles. The molecule has 134 valence electrons. The minimum atomic E-state index is -0.408. The Morgan fingerprint density at radius 1 is 1.40 bits per heavy atom. The molecule has 2 fully saturated rings. The van der Waals surface area contributed by atoms with E-state index in [2.05, 4.69) is 15.5 Å². The Bertz CT molecular complexity index is 655. The summed E-state index contributed by atoms with van der Waals surface area (Å²) in [7, 11) is 1.65. The Morgan fingerprint density at radius 2 is 2.20 bits per heavy atom. The van der Waals surface area contributed by atoms with E-state index >= 15 is 0 Å². The second-order valence-corrected chi connectivity index (χ2v) is 6.49. The molecule has 6 nitrogen and oxygen atoms in total. The summed E-state index contributed by atoms with van der Waals surface area (Å²) >= 11 is 0. The zero-order valence-electron chi connectivity index (χ0n) is 14.5. The number of ether oxygens (including phenoxy) is 1. The molecule has 0 aromatic heterocycles. The summed E-state index contributed by atoms with van der Waals surface area (Å²) in [5.41, 5.74) is 0.995. The summed E-state index contributed by atoms with van der Waals surface area (Å²) in [5.74, 6) is 0.710. The van der Waals surface area contributed by atoms with E-state index in [1.165, 1.54) is 0 Å². The van der Waals surface area contributed by atoms with Crippen molar-refractivity contribution in [2.45, 2.75) is 31.3 Å². The number of nitrogens with zero attached hydrogens (tertiary/aromatic N) is 1. The first-order valence-electron chi connectivity index (χ1n) is 8.78. The van der Waals surface area contributed by atoms with Crippen LogP contribution in [0.3, 0.4) is 0 Å². The zero-order chi connectivity index (χ0) is 17.6. The van der Waals surface area contributed by atoms with Crippen LogP contribution in [0, 0.1) is 0 Å². The lowest BCUT2D eigenvalue weighted by molar-refractivity contribution is -0.133. The number of hydrogen-bond acceptors (Lipinski definition) is 4. The van der Waals surface area contributed by atoms with Gasteiger partial charge in [0.2, 0.25) is 11.8 Å². The smallest absolute Gasteiger partial charge is 0.237 e. The van der Waals surface area contributed by atoms with Gasteiger partial charge in [-0.2, -0.15) is 0 Å². The van der Waals surface area contributed by atoms with Gasteiger partial charge in [0.25, 0.3) is 0 Å². The number of carbonyl (C=O) groups is 2. The Balaban J connectivity index is 1.60. The standard InChI is InChI=1S/C19H25N3O3/c1-25-17-7-3-2-5-14(17)6-4-11-22-12-10-20-19(24)16(22)13-18(23)21-15-8-9-15/h2-7,15-16H,8-13H2,1H3,(H,20,24)(H,21,23)/b6-4+. The number of nitrogens with one attached hydrogen (secondary N) is 2. The van der Waals surface area contributed by atoms with Gasteiger partial charge in [-0.15, -0.1) is 0 Å². The molecule has 6 heteroatoms. The predicted octanol–water partition coefficient (Wildman–Crippen LogP) is 1.18. The van der Waals surface area contributed by atoms with Gasteiger partial charge in [0.15, 0.2) is 0 Å². The van der Waals surface area contributed by atoms with Crippen LogP contribution in [-0.2, 0) is 9.59 Å². The van der Waals surface area contributed by atoms with Gasteiger partial charge in [-0.05, 0) is 18.9 Å². The van der Waals surface area contributed by atoms with Gasteiger partial charge in [0.05, 0.1) is 19.6 Å². The van der Waals surface area contributed by atoms with Crippen molar-refractivity contribution in [3.8, 4) is 5.75 Å². The summed E-state index contributed by atoms with van der Waals surface area (Å²) in [4.78, 5) is 26.3. The highest BCUT2D eigenvalue weighted by Crippen LogP contribution is 2.20. The van der Waals surface area contributed by atoms with Crippen LogP contribution in [0.1, 0.15) is 24.8 Å². The van der Waals surface area contributed by atoms with Crippen LogP contribution in [0.5, 0.6) is 5.75 Å². The molecule has 0 bridgehead atoms. The number of piperazine rings is 1. The highest BCUT2D eigenvalue weighted by atomic mass is 16.5. The van der Waals surface area contributed by atoms with Crippen molar-refractivity contribution in [2.24, 2.45) is 0 Å². The van der Waals surface area contributed by atoms with E-state index in [4.69, 9.17) is 4.74 Å². The lowest BCUT2D eigenvalue weighted by Gasteiger charge is -2.33. The number of amides is 2. The molecule has 1 aliphatic heterocycles. The molecule has 1 unspecified atom stereocenters. The van der Waals surface area contributed by atoms with E-state index in [0.717, 1.165) is 30.7 Å². The Labute approximate surface area is 148 Å². The maximum atomic E-state index is 12.2. The molecule has 0 radical (unpaired) electrons. The number of rotatable bonds is 7. The fourth-order valence-electron chi connectivity index (χ4n) is 3.01. The Kier molecular flexibility index (Phi) is 5.71. The molecular formula is C19H25N3O3. The fourth-order valence-corrected chi connectivity index (χ4v) is 3.01. The molecule has 1 aromatic rings. The van der Waals surface area contributed by atoms with E-state index in [-0.39, 0.29) is 18.2 Å². The minimum Gasteiger partial charge on any atom is -0.496 e. The largest absolute Gasteiger partial charge is 0.496 e. The Morgan fingerprint density at radius 3 is 2.96 bits per heavy atom. The first kappa shape index (κ1) is 17.5. The van der Waals surface area contributed by atoms with Crippen LogP contribution in [0.2, 0.25) is 0 Å². The first-order valence-corrected chi connectivity index (χ1v) is 8.78. The second-order valence-electron chi connectivity index (χ2n) is 6.49. The van der Waals surface area contributed by atoms with E-state index in [0.29, 0.717) is 19.1 Å². The number of benzene rings is 1. The third-order valence-electron chi connectivity index (χ3n) is 4.54. The molecule has 1 heterocycles. The maximum absolute atomic E-state index is 12.2. The van der Waals surface area contributed by atoms with E-state index in [1.807, 2.05) is 36.4 Å². The number of para-hydroxylation sites is 1. The summed E-state index contributed by atoms with van der Waals surface area (Å²) < 4.78 is 5.34. The molecule has 2 aliphatic rings. The Hall–Kier alpha value is -2.34. The normalized spacial score (nSPS) is 21.2. The molecule has 1 atom stereocenters. The molecule has 2 N–H and O–H groups in total. The number of carbonyl (C=O) groups excluding carboxylic acids is 2. The van der Waals surface area contributed by atoms with E-state index < -0.39 is 6.04 Å². The van der Waals surface area contributed by atoms with Crippen molar-refractivity contribution in [2.75, 3.05) is 26.7 Å². The predicted molar refractivity (Wildman–Crippen MR) is 96.2 cm³/mol. The molecule has 3 rings (SSSR count). The van der Waals surface area contributed by atoms with Gasteiger partial charge >= 0.3 is 0 Å². The first-order chi connectivity index (χ1) is 12.2. The molecule has 1 aliphatic carbocycles. The van der Waals surface area contributed by atoms with Gasteiger partial charge in [-0.25, -0.2) is 0 Å². The van der Waals surface area contributed by atoms with Gasteiger partial charge in [0, 0.05) is 31.2 Å². The van der Waals surface area contributed by atoms with E-state index in [1.54, 1.807) is 7.11 Å². The monoisotopic (exact) mass is 343 g/mol. The SMILES string of the molecule is COc1ccccc1/C=C/CN1CCNC(=O)C1CC(=O)NC1CC1. The molecular weight excluding hydrogens is 318 g/mol. The van der Waals surface area contributed by atoms with Crippen LogP contribution in [0.4, 0.5) is 0 Å². The fraction of sp³-hybridized carbons (Fsp3) is 0.474. The minimum absolute atomic E-state index is 0.0386. The molecule has 25 heavy (non-hydrogen) atoms. The molecule has 2 amide bonds. The van der Waals surface area contributed by atoms with Crippen molar-refractivity contribution < 1.29 is 14.3 Å². The summed E-state index contributed by atoms with van der Waals surface area (Å²) in [5, 5.41) is 5.82. The van der Waals surface area contributed by atoms with Crippen LogP contribution < -0.4 is 15.4 Å². The highest BCUT2D eigenvalue weighted by molar-refractivity contribution is 5.89. The molecule has 1 saturated heterocycles. The molecule has 0 spiro atoms. The van der Waals surface area contributed by atoms with Gasteiger partial charge in [-0.1, -0.05) is 30.4 Å². The van der Waals surface area contributed by atoms with Gasteiger partial charge < -0.3 is 15.4 Å². The highest BCUT2D eigenvalue weighted by Gasteiger charge is 2.32. The summed E-state index contributed by atoms with van der Waals surface area (Å²) in [6.07, 6.45) is 6.32. The molecule has 1 aromatic carbocycles. The van der Waals surface area contributed by atoms with Crippen molar-refractivity contribution in [3.63, 3.8) is 0 Å². The van der Waals surface area contributed by atoms with Crippen molar-refractivity contribution in [1.82, 2.24) is 15.5 Å². The lowest BCUT2D eigenvalue weighted by Crippen LogP contribution is -2.56. The van der Waals surface area contributed by atoms with E-state index in [9.17, 15) is 9.59 Å². The van der Waals surface area contributed by atoms with Crippen LogP contribution in [0.25, 0.3) is 6.08 Å². The number of methoxy groups -OCH3 is 1. The maximum Gasteiger partial charge on any atom is 0.237 e. The third kappa shape index (κ3) is 4.82. The average Bonchev–Trinajstić information content (AvgIpc) is 3.42. The van der Waals surface area contributed by atoms with Crippen molar-refractivity contribution in [3.05, 3.63) is 35.9 Å². The summed E-state index contributed by atoms with van der Waals surface area (Å²) in [6.45, 7) is 1.97. The van der Waals surface area contributed by atoms with Crippen LogP contribution in [-0.4, -0.2) is 55.5 Å². The van der Waals surface area contributed by atoms with Gasteiger partial charge in [-0.3, -0.25) is 14.5 Å². The zero-order valence-corrected chi connectivity index (χ0v) is 14.5. The van der Waals surface area contributed by atoms with Crippen molar-refractivity contribution >= 4 is 17.9 Å². The van der Waals surface area contributed by atoms with Crippen LogP contribution >= 0.6 is 0 Å². The third-order valence-corrected chi connectivity index (χ3v) is 4.54. The van der Waals surface area contributed by atoms with Crippen LogP contribution in [0.15, 0.2) is 30.3 Å². The lowest BCUT2D eigenvalue weighted by atomic mass is 10.1. The topological polar surface area (TPSA) is 70.7 Å². The second kappa shape index (κ2) is 8.16. The summed E-state index contributed by atoms with van der Waals surface area (Å²) in [6, 6.07) is 7.70. The van der Waals surface area contributed by atoms with Gasteiger partial charge in [0.1, 0.15) is 5.75 Å². The quantitative estimate of drug-likeness (QED) is 0.780. The number of hydrogen-bond donors (Lipinski definition) is 2. The van der Waals surface area contributed by atoms with Crippen molar-refractivity contribution in [1.29, 1.82) is 0 Å².